The summed E-state index contributed by atoms with van der Waals surface area (Å²) in [7, 11) is 2.90. The highest BCUT2D eigenvalue weighted by Crippen LogP contribution is 1.96. The van der Waals surface area contributed by atoms with E-state index in [0.717, 1.165) is 9.80 Å². The minimum atomic E-state index is -0.837. The van der Waals surface area contributed by atoms with E-state index < -0.39 is 12.3 Å². The Morgan fingerprint density at radius 1 is 1.55 bits per heavy atom. The average Bonchev–Trinajstić information content (AvgIpc) is 2.00. The van der Waals surface area contributed by atoms with Gasteiger partial charge in [-0.1, -0.05) is 0 Å². The normalized spacial score (nSPS) is 12.5. The number of carbonyl (C=O) groups is 1. The van der Waals surface area contributed by atoms with Gasteiger partial charge in [0.1, 0.15) is 13.0 Å². The van der Waals surface area contributed by atoms with E-state index in [4.69, 9.17) is 10.2 Å². The van der Waals surface area contributed by atoms with E-state index in [0.29, 0.717) is 0 Å². The first kappa shape index (κ1) is 10.2. The maximum atomic E-state index is 11.0. The summed E-state index contributed by atoms with van der Waals surface area (Å²) in [6, 6.07) is -0.414. The molecule has 0 saturated carbocycles. The molecule has 2 N–H and O–H groups in total. The molecule has 11 heavy (non-hydrogen) atoms. The summed E-state index contributed by atoms with van der Waals surface area (Å²) in [4.78, 5) is 13.3. The molecule has 0 aromatic heterocycles. The fraction of sp³-hybridized carbons (Fsp3) is 0.833. The van der Waals surface area contributed by atoms with Crippen LogP contribution in [0.4, 0.5) is 4.79 Å². The van der Waals surface area contributed by atoms with Gasteiger partial charge >= 0.3 is 6.03 Å². The number of urea groups is 1. The van der Waals surface area contributed by atoms with Crippen LogP contribution in [0, 0.1) is 0 Å². The van der Waals surface area contributed by atoms with Crippen LogP contribution in [0.1, 0.15) is 6.92 Å². The Morgan fingerprint density at radius 2 is 2.00 bits per heavy atom. The number of carbonyl (C=O) groups excluding carboxylic acids is 1. The lowest BCUT2D eigenvalue weighted by Gasteiger charge is -2.25. The van der Waals surface area contributed by atoms with Crippen molar-refractivity contribution in [2.45, 2.75) is 13.2 Å². The molecule has 0 heterocycles. The quantitative estimate of drug-likeness (QED) is 0.525. The van der Waals surface area contributed by atoms with Gasteiger partial charge in [-0.25, -0.2) is 4.79 Å². The number of aliphatic hydroxyl groups excluding tert-OH is 2. The first-order chi connectivity index (χ1) is 5.00. The van der Waals surface area contributed by atoms with Gasteiger partial charge in [0.15, 0.2) is 0 Å². The van der Waals surface area contributed by atoms with Gasteiger partial charge in [0.25, 0.3) is 0 Å². The Balaban J connectivity index is 4.02. The third-order valence-corrected chi connectivity index (χ3v) is 1.40. The molecule has 0 spiro atoms. The van der Waals surface area contributed by atoms with Gasteiger partial charge in [-0.05, 0) is 6.92 Å². The van der Waals surface area contributed by atoms with Crippen molar-refractivity contribution >= 4 is 6.03 Å². The maximum Gasteiger partial charge on any atom is 0.323 e. The molecule has 0 aliphatic rings. The minimum Gasteiger partial charge on any atom is -0.376 e. The van der Waals surface area contributed by atoms with Crippen molar-refractivity contribution in [2.24, 2.45) is 0 Å². The molecular formula is C6H14N2O3. The first-order valence-electron chi connectivity index (χ1n) is 3.27. The molecule has 0 saturated heterocycles. The molecular weight excluding hydrogens is 148 g/mol. The van der Waals surface area contributed by atoms with Crippen LogP contribution in [-0.4, -0.2) is 53.1 Å². The molecule has 0 unspecified atom stereocenters. The second kappa shape index (κ2) is 4.15. The van der Waals surface area contributed by atoms with Gasteiger partial charge in [-0.2, -0.15) is 0 Å². The number of hydrogen-bond donors (Lipinski definition) is 2. The summed E-state index contributed by atoms with van der Waals surface area (Å²) < 4.78 is 0. The van der Waals surface area contributed by atoms with Gasteiger partial charge in [-0.15, -0.1) is 0 Å². The Labute approximate surface area is 65.8 Å². The smallest absolute Gasteiger partial charge is 0.323 e. The molecule has 0 bridgehead atoms. The third-order valence-electron chi connectivity index (χ3n) is 1.40. The summed E-state index contributed by atoms with van der Waals surface area (Å²) in [5.74, 6) is 0. The summed E-state index contributed by atoms with van der Waals surface area (Å²) >= 11 is 0. The molecule has 0 aromatic carbocycles. The van der Waals surface area contributed by atoms with E-state index in [1.165, 1.54) is 21.0 Å². The van der Waals surface area contributed by atoms with E-state index in [-0.39, 0.29) is 6.73 Å². The van der Waals surface area contributed by atoms with Gasteiger partial charge in [0.05, 0.1) is 0 Å². The zero-order chi connectivity index (χ0) is 9.02. The Bertz CT molecular complexity index is 138. The number of amides is 2. The molecule has 66 valence electrons. The molecule has 0 fully saturated rings. The van der Waals surface area contributed by atoms with Gasteiger partial charge in [0, 0.05) is 14.1 Å². The molecule has 0 aliphatic carbocycles. The van der Waals surface area contributed by atoms with Crippen LogP contribution in [0.25, 0.3) is 0 Å². The zero-order valence-electron chi connectivity index (χ0n) is 6.98. The summed E-state index contributed by atoms with van der Waals surface area (Å²) in [6.45, 7) is 1.12. The van der Waals surface area contributed by atoms with Crippen molar-refractivity contribution in [3.05, 3.63) is 0 Å². The molecule has 0 aromatic rings. The van der Waals surface area contributed by atoms with Gasteiger partial charge in [0.2, 0.25) is 0 Å². The Kier molecular flexibility index (Phi) is 3.84. The lowest BCUT2D eigenvalue weighted by molar-refractivity contribution is 0.0380. The van der Waals surface area contributed by atoms with Crippen molar-refractivity contribution in [1.29, 1.82) is 0 Å². The van der Waals surface area contributed by atoms with Crippen molar-refractivity contribution in [2.75, 3.05) is 20.8 Å². The van der Waals surface area contributed by atoms with E-state index in [2.05, 4.69) is 0 Å². The third kappa shape index (κ3) is 2.73. The van der Waals surface area contributed by atoms with E-state index in [9.17, 15) is 4.79 Å². The summed E-state index contributed by atoms with van der Waals surface area (Å²) in [5, 5.41) is 17.5. The lowest BCUT2D eigenvalue weighted by atomic mass is 10.5. The monoisotopic (exact) mass is 162 g/mol. The van der Waals surface area contributed by atoms with Crippen molar-refractivity contribution in [3.8, 4) is 0 Å². The number of rotatable bonds is 2. The average molecular weight is 162 g/mol. The van der Waals surface area contributed by atoms with Crippen LogP contribution in [0.3, 0.4) is 0 Å². The van der Waals surface area contributed by atoms with Crippen LogP contribution >= 0.6 is 0 Å². The topological polar surface area (TPSA) is 64.0 Å². The highest BCUT2D eigenvalue weighted by molar-refractivity contribution is 5.73. The largest absolute Gasteiger partial charge is 0.376 e. The summed E-state index contributed by atoms with van der Waals surface area (Å²) in [6.07, 6.45) is -0.837. The van der Waals surface area contributed by atoms with Gasteiger partial charge in [-0.3, -0.25) is 0 Å². The predicted octanol–water partition coefficient (Wildman–Crippen LogP) is -0.742. The minimum absolute atomic E-state index is 0.351. The van der Waals surface area contributed by atoms with E-state index in [1.807, 2.05) is 0 Å². The fourth-order valence-corrected chi connectivity index (χ4v) is 0.490. The predicted molar refractivity (Wildman–Crippen MR) is 39.7 cm³/mol. The zero-order valence-corrected chi connectivity index (χ0v) is 6.98. The maximum absolute atomic E-state index is 11.0. The lowest BCUT2D eigenvalue weighted by Crippen LogP contribution is -2.43. The SMILES string of the molecule is C[C@H](O)N(C)C(=O)N(C)CO. The molecule has 5 nitrogen and oxygen atoms in total. The van der Waals surface area contributed by atoms with Crippen LogP contribution < -0.4 is 0 Å². The highest BCUT2D eigenvalue weighted by Gasteiger charge is 2.15. The second-order valence-electron chi connectivity index (χ2n) is 2.36. The number of aliphatic hydroxyl groups is 2. The van der Waals surface area contributed by atoms with Crippen molar-refractivity contribution < 1.29 is 15.0 Å². The summed E-state index contributed by atoms with van der Waals surface area (Å²) in [5.41, 5.74) is 0. The Morgan fingerprint density at radius 3 is 2.27 bits per heavy atom. The van der Waals surface area contributed by atoms with E-state index in [1.54, 1.807) is 0 Å². The van der Waals surface area contributed by atoms with Crippen LogP contribution in [0.2, 0.25) is 0 Å². The molecule has 2 amide bonds. The van der Waals surface area contributed by atoms with Crippen molar-refractivity contribution in [1.82, 2.24) is 9.80 Å². The standard InChI is InChI=1S/C6H14N2O3/c1-5(10)8(3)6(11)7(2)4-9/h5,9-10H,4H2,1-3H3/t5-/m0/s1. The molecule has 0 radical (unpaired) electrons. The molecule has 0 rings (SSSR count). The first-order valence-corrected chi connectivity index (χ1v) is 3.27. The van der Waals surface area contributed by atoms with E-state index >= 15 is 0 Å². The van der Waals surface area contributed by atoms with Crippen LogP contribution in [0.5, 0.6) is 0 Å². The number of nitrogens with zero attached hydrogens (tertiary/aromatic N) is 2. The molecule has 1 atom stereocenters. The molecule has 5 heteroatoms. The van der Waals surface area contributed by atoms with Crippen LogP contribution in [-0.2, 0) is 0 Å². The highest BCUT2D eigenvalue weighted by atomic mass is 16.3. The second-order valence-corrected chi connectivity index (χ2v) is 2.36. The van der Waals surface area contributed by atoms with Gasteiger partial charge < -0.3 is 20.0 Å². The Hall–Kier alpha value is -0.810. The van der Waals surface area contributed by atoms with Crippen LogP contribution in [0.15, 0.2) is 0 Å². The van der Waals surface area contributed by atoms with Crippen molar-refractivity contribution in [3.63, 3.8) is 0 Å². The fourth-order valence-electron chi connectivity index (χ4n) is 0.490. The molecule has 0 aliphatic heterocycles. The number of hydrogen-bond acceptors (Lipinski definition) is 3.